The van der Waals surface area contributed by atoms with Crippen molar-refractivity contribution < 1.29 is 19.0 Å². The van der Waals surface area contributed by atoms with E-state index >= 15 is 0 Å². The fourth-order valence-electron chi connectivity index (χ4n) is 1.30. The fourth-order valence-corrected chi connectivity index (χ4v) is 1.62. The van der Waals surface area contributed by atoms with Gasteiger partial charge in [0.05, 0.1) is 10.6 Å². The first-order chi connectivity index (χ1) is 7.47. The van der Waals surface area contributed by atoms with Gasteiger partial charge >= 0.3 is 0 Å². The molecule has 1 aromatic carbocycles. The molecule has 0 saturated heterocycles. The van der Waals surface area contributed by atoms with Gasteiger partial charge in [-0.2, -0.15) is 0 Å². The number of nitrogens with two attached hydrogens (primary N) is 1. The Morgan fingerprint density at radius 1 is 1.25 bits per heavy atom. The molecule has 3 nitrogen and oxygen atoms in total. The standard InChI is InChI=1S/C10H12BrF2NO2/c11-6-4-7(12)5(3-8(6)13)10(16)9(15)1-2-14/h3-4,9-10,15-16H,1-2,14H2. The van der Waals surface area contributed by atoms with Crippen molar-refractivity contribution in [2.24, 2.45) is 5.73 Å². The van der Waals surface area contributed by atoms with Gasteiger partial charge in [0.1, 0.15) is 17.7 Å². The molecule has 0 aliphatic carbocycles. The van der Waals surface area contributed by atoms with Crippen LogP contribution in [-0.2, 0) is 0 Å². The van der Waals surface area contributed by atoms with E-state index in [4.69, 9.17) is 5.73 Å². The molecule has 0 amide bonds. The van der Waals surface area contributed by atoms with E-state index in [1.54, 1.807) is 0 Å². The summed E-state index contributed by atoms with van der Waals surface area (Å²) in [4.78, 5) is 0. The van der Waals surface area contributed by atoms with Crippen molar-refractivity contribution in [3.8, 4) is 0 Å². The maximum absolute atomic E-state index is 13.4. The van der Waals surface area contributed by atoms with Crippen molar-refractivity contribution in [3.05, 3.63) is 33.8 Å². The molecule has 0 radical (unpaired) electrons. The summed E-state index contributed by atoms with van der Waals surface area (Å²) in [5.41, 5.74) is 4.91. The summed E-state index contributed by atoms with van der Waals surface area (Å²) in [6, 6.07) is 1.76. The first kappa shape index (κ1) is 13.5. The Kier molecular flexibility index (Phi) is 4.79. The van der Waals surface area contributed by atoms with Gasteiger partial charge in [0.2, 0.25) is 0 Å². The molecule has 0 saturated carbocycles. The molecule has 0 heterocycles. The molecule has 2 atom stereocenters. The summed E-state index contributed by atoms with van der Waals surface area (Å²) in [7, 11) is 0. The monoisotopic (exact) mass is 295 g/mol. The molecule has 16 heavy (non-hydrogen) atoms. The van der Waals surface area contributed by atoms with Crippen LogP contribution in [0.5, 0.6) is 0 Å². The maximum atomic E-state index is 13.4. The quantitative estimate of drug-likeness (QED) is 0.737. The van der Waals surface area contributed by atoms with Crippen molar-refractivity contribution in [1.82, 2.24) is 0 Å². The molecule has 0 aliphatic heterocycles. The van der Waals surface area contributed by atoms with Gasteiger partial charge in [-0.1, -0.05) is 0 Å². The van der Waals surface area contributed by atoms with E-state index in [1.165, 1.54) is 0 Å². The molecule has 0 aromatic heterocycles. The Balaban J connectivity index is 2.99. The highest BCUT2D eigenvalue weighted by Crippen LogP contribution is 2.26. The topological polar surface area (TPSA) is 66.5 Å². The Labute approximate surface area is 100 Å². The molecule has 1 rings (SSSR count). The second-order valence-electron chi connectivity index (χ2n) is 3.38. The number of rotatable bonds is 4. The maximum Gasteiger partial charge on any atom is 0.137 e. The van der Waals surface area contributed by atoms with Crippen LogP contribution in [0.1, 0.15) is 18.1 Å². The molecule has 6 heteroatoms. The highest BCUT2D eigenvalue weighted by molar-refractivity contribution is 9.10. The average Bonchev–Trinajstić information content (AvgIpc) is 2.23. The zero-order chi connectivity index (χ0) is 12.3. The molecule has 2 unspecified atom stereocenters. The van der Waals surface area contributed by atoms with Crippen molar-refractivity contribution in [1.29, 1.82) is 0 Å². The van der Waals surface area contributed by atoms with Crippen LogP contribution in [0.15, 0.2) is 16.6 Å². The van der Waals surface area contributed by atoms with E-state index < -0.39 is 23.8 Å². The van der Waals surface area contributed by atoms with Gasteiger partial charge in [0.25, 0.3) is 0 Å². The molecule has 0 bridgehead atoms. The van der Waals surface area contributed by atoms with Gasteiger partial charge in [-0.05, 0) is 41.0 Å². The lowest BCUT2D eigenvalue weighted by molar-refractivity contribution is 0.0128. The third-order valence-corrected chi connectivity index (χ3v) is 2.79. The first-order valence-electron chi connectivity index (χ1n) is 4.68. The number of halogens is 3. The molecule has 0 fully saturated rings. The first-order valence-corrected chi connectivity index (χ1v) is 5.47. The van der Waals surface area contributed by atoms with E-state index in [0.717, 1.165) is 12.1 Å². The highest BCUT2D eigenvalue weighted by Gasteiger charge is 2.22. The highest BCUT2D eigenvalue weighted by atomic mass is 79.9. The zero-order valence-corrected chi connectivity index (χ0v) is 9.92. The summed E-state index contributed by atoms with van der Waals surface area (Å²) in [5.74, 6) is -1.48. The largest absolute Gasteiger partial charge is 0.390 e. The summed E-state index contributed by atoms with van der Waals surface area (Å²) in [5, 5.41) is 19.0. The Hall–Kier alpha value is -0.560. The zero-order valence-electron chi connectivity index (χ0n) is 8.33. The van der Waals surface area contributed by atoms with Gasteiger partial charge in [-0.15, -0.1) is 0 Å². The Morgan fingerprint density at radius 3 is 2.44 bits per heavy atom. The summed E-state index contributed by atoms with van der Waals surface area (Å²) in [6.45, 7) is 0.152. The van der Waals surface area contributed by atoms with Crippen LogP contribution >= 0.6 is 15.9 Å². The third-order valence-electron chi connectivity index (χ3n) is 2.19. The van der Waals surface area contributed by atoms with Crippen LogP contribution < -0.4 is 5.73 Å². The lowest BCUT2D eigenvalue weighted by Crippen LogP contribution is -2.22. The predicted molar refractivity (Wildman–Crippen MR) is 58.7 cm³/mol. The van der Waals surface area contributed by atoms with E-state index in [1.807, 2.05) is 0 Å². The van der Waals surface area contributed by atoms with E-state index in [2.05, 4.69) is 15.9 Å². The molecular formula is C10H12BrF2NO2. The molecule has 90 valence electrons. The van der Waals surface area contributed by atoms with Gasteiger partial charge in [0, 0.05) is 5.56 Å². The normalized spacial score (nSPS) is 14.9. The fraction of sp³-hybridized carbons (Fsp3) is 0.400. The van der Waals surface area contributed by atoms with Crippen LogP contribution in [-0.4, -0.2) is 22.9 Å². The average molecular weight is 296 g/mol. The van der Waals surface area contributed by atoms with Crippen molar-refractivity contribution in [2.75, 3.05) is 6.54 Å². The third kappa shape index (κ3) is 2.98. The number of aliphatic hydroxyl groups excluding tert-OH is 2. The minimum Gasteiger partial charge on any atom is -0.390 e. The SMILES string of the molecule is NCCC(O)C(O)c1cc(F)c(Br)cc1F. The molecule has 0 aliphatic rings. The van der Waals surface area contributed by atoms with E-state index in [0.29, 0.717) is 0 Å². The van der Waals surface area contributed by atoms with E-state index in [9.17, 15) is 19.0 Å². The predicted octanol–water partition coefficient (Wildman–Crippen LogP) is 1.47. The molecule has 1 aromatic rings. The number of hydrogen-bond donors (Lipinski definition) is 3. The van der Waals surface area contributed by atoms with Gasteiger partial charge < -0.3 is 15.9 Å². The summed E-state index contributed by atoms with van der Waals surface area (Å²) in [6.07, 6.45) is -2.58. The van der Waals surface area contributed by atoms with Crippen LogP contribution in [0, 0.1) is 11.6 Å². The van der Waals surface area contributed by atoms with Crippen LogP contribution in [0.3, 0.4) is 0 Å². The lowest BCUT2D eigenvalue weighted by Gasteiger charge is -2.18. The van der Waals surface area contributed by atoms with Crippen LogP contribution in [0.2, 0.25) is 0 Å². The Morgan fingerprint density at radius 2 is 1.88 bits per heavy atom. The molecular weight excluding hydrogens is 284 g/mol. The minimum absolute atomic E-state index is 0.0331. The molecule has 4 N–H and O–H groups in total. The summed E-state index contributed by atoms with van der Waals surface area (Å²) < 4.78 is 26.5. The van der Waals surface area contributed by atoms with Gasteiger partial charge in [-0.25, -0.2) is 8.78 Å². The molecule has 0 spiro atoms. The van der Waals surface area contributed by atoms with E-state index in [-0.39, 0.29) is 23.0 Å². The Bertz CT molecular complexity index is 376. The lowest BCUT2D eigenvalue weighted by atomic mass is 10.0. The second-order valence-corrected chi connectivity index (χ2v) is 4.23. The summed E-state index contributed by atoms with van der Waals surface area (Å²) >= 11 is 2.82. The van der Waals surface area contributed by atoms with Crippen molar-refractivity contribution in [3.63, 3.8) is 0 Å². The number of aliphatic hydroxyl groups is 2. The smallest absolute Gasteiger partial charge is 0.137 e. The van der Waals surface area contributed by atoms with Gasteiger partial charge in [-0.3, -0.25) is 0 Å². The second kappa shape index (κ2) is 5.67. The number of hydrogen-bond acceptors (Lipinski definition) is 3. The minimum atomic E-state index is -1.48. The van der Waals surface area contributed by atoms with Crippen LogP contribution in [0.4, 0.5) is 8.78 Å². The van der Waals surface area contributed by atoms with Crippen molar-refractivity contribution in [2.45, 2.75) is 18.6 Å². The van der Waals surface area contributed by atoms with Gasteiger partial charge in [0.15, 0.2) is 0 Å². The number of benzene rings is 1. The van der Waals surface area contributed by atoms with Crippen LogP contribution in [0.25, 0.3) is 0 Å². The van der Waals surface area contributed by atoms with Crippen molar-refractivity contribution >= 4 is 15.9 Å².